The number of alkyl halides is 2. The fraction of sp³-hybridized carbons (Fsp3) is 0.480. The summed E-state index contributed by atoms with van der Waals surface area (Å²) >= 11 is 0. The zero-order valence-corrected chi connectivity index (χ0v) is 19.3. The minimum atomic E-state index is -3.20. The highest BCUT2D eigenvalue weighted by atomic mass is 19.3. The molecule has 3 aliphatic heterocycles. The van der Waals surface area contributed by atoms with Crippen molar-refractivity contribution in [2.45, 2.75) is 38.5 Å². The van der Waals surface area contributed by atoms with Gasteiger partial charge in [0.2, 0.25) is 5.91 Å². The molecule has 0 spiro atoms. The number of nitrogens with one attached hydrogen (secondary N) is 1. The Bertz CT molecular complexity index is 1060. The van der Waals surface area contributed by atoms with E-state index in [0.717, 1.165) is 45.2 Å². The van der Waals surface area contributed by atoms with Crippen molar-refractivity contribution in [2.24, 2.45) is 0 Å². The van der Waals surface area contributed by atoms with Crippen LogP contribution in [-0.4, -0.2) is 77.3 Å². The van der Waals surface area contributed by atoms with Crippen LogP contribution in [0.1, 0.15) is 24.6 Å². The first-order chi connectivity index (χ1) is 16.3. The summed E-state index contributed by atoms with van der Waals surface area (Å²) < 4.78 is 30.7. The van der Waals surface area contributed by atoms with Crippen LogP contribution in [0.15, 0.2) is 47.7 Å². The van der Waals surface area contributed by atoms with Crippen LogP contribution in [0.25, 0.3) is 0 Å². The monoisotopic (exact) mass is 472 g/mol. The maximum atomic E-state index is 13.0. The molecular formula is C25H30F2N4O3. The van der Waals surface area contributed by atoms with E-state index in [4.69, 9.17) is 0 Å². The molecule has 34 heavy (non-hydrogen) atoms. The lowest BCUT2D eigenvalue weighted by Gasteiger charge is -2.32. The summed E-state index contributed by atoms with van der Waals surface area (Å²) in [5.74, 6) is 0.221. The molecule has 0 bridgehead atoms. The van der Waals surface area contributed by atoms with E-state index in [-0.39, 0.29) is 24.3 Å². The third-order valence-electron chi connectivity index (χ3n) is 6.96. The van der Waals surface area contributed by atoms with Crippen LogP contribution >= 0.6 is 0 Å². The summed E-state index contributed by atoms with van der Waals surface area (Å²) in [6.45, 7) is 4.97. The number of carbonyl (C=O) groups excluding carboxylic acids is 1. The van der Waals surface area contributed by atoms with E-state index in [1.54, 1.807) is 24.3 Å². The lowest BCUT2D eigenvalue weighted by Crippen LogP contribution is -2.44. The number of anilines is 1. The van der Waals surface area contributed by atoms with E-state index in [1.807, 2.05) is 17.2 Å². The van der Waals surface area contributed by atoms with E-state index < -0.39 is 6.11 Å². The largest absolute Gasteiger partial charge is 0.433 e. The molecule has 7 nitrogen and oxygen atoms in total. The summed E-state index contributed by atoms with van der Waals surface area (Å²) in [4.78, 5) is 22.5. The van der Waals surface area contributed by atoms with Crippen molar-refractivity contribution >= 4 is 11.6 Å². The molecule has 4 heterocycles. The molecule has 1 amide bonds. The van der Waals surface area contributed by atoms with Crippen LogP contribution in [0.2, 0.25) is 0 Å². The molecule has 2 N–H and O–H groups in total. The van der Waals surface area contributed by atoms with Gasteiger partial charge in [0.1, 0.15) is 5.75 Å². The number of aromatic amines is 1. The minimum Gasteiger partial charge on any atom is -0.433 e. The third-order valence-corrected chi connectivity index (χ3v) is 6.96. The second-order valence-electron chi connectivity index (χ2n) is 9.46. The van der Waals surface area contributed by atoms with Gasteiger partial charge in [-0.3, -0.25) is 9.69 Å². The Hall–Kier alpha value is -2.91. The SMILES string of the molecule is CC(F)(F)Oc1ccc(N2CC3=C(C2)CN(C(CO)CC(=O)N2CCc4[nH]ccc4C2)C3)cc1. The number of benzene rings is 1. The van der Waals surface area contributed by atoms with Crippen molar-refractivity contribution in [1.29, 1.82) is 0 Å². The minimum absolute atomic E-state index is 0.0528. The fourth-order valence-electron chi connectivity index (χ4n) is 5.18. The van der Waals surface area contributed by atoms with Crippen molar-refractivity contribution in [3.8, 4) is 5.75 Å². The number of fused-ring (bicyclic) bond motifs is 1. The number of aromatic nitrogens is 1. The molecule has 5 rings (SSSR count). The van der Waals surface area contributed by atoms with Gasteiger partial charge in [-0.05, 0) is 47.0 Å². The lowest BCUT2D eigenvalue weighted by atomic mass is 10.1. The number of aliphatic hydroxyl groups is 1. The first-order valence-corrected chi connectivity index (χ1v) is 11.7. The summed E-state index contributed by atoms with van der Waals surface area (Å²) in [5, 5.41) is 10.0. The molecular weight excluding hydrogens is 442 g/mol. The number of ether oxygens (including phenoxy) is 1. The number of halogens is 2. The molecule has 0 fully saturated rings. The van der Waals surface area contributed by atoms with Gasteiger partial charge in [-0.2, -0.15) is 8.78 Å². The van der Waals surface area contributed by atoms with Gasteiger partial charge in [-0.25, -0.2) is 0 Å². The standard InChI is InChI=1S/C25H30F2N4O3/c1-25(26,27)34-22-4-2-20(3-5-22)30-12-18-14-31(15-19(18)13-30)21(16-32)10-24(33)29-9-7-23-17(11-29)6-8-28-23/h2-6,8,21,28,32H,7,9-16H2,1H3. The number of rotatable bonds is 7. The zero-order valence-electron chi connectivity index (χ0n) is 19.3. The maximum Gasteiger partial charge on any atom is 0.394 e. The smallest absolute Gasteiger partial charge is 0.394 e. The van der Waals surface area contributed by atoms with Gasteiger partial charge in [0.25, 0.3) is 0 Å². The summed E-state index contributed by atoms with van der Waals surface area (Å²) in [6.07, 6.45) is -0.141. The fourth-order valence-corrected chi connectivity index (χ4v) is 5.18. The van der Waals surface area contributed by atoms with Gasteiger partial charge in [-0.15, -0.1) is 0 Å². The third kappa shape index (κ3) is 4.81. The molecule has 0 saturated heterocycles. The van der Waals surface area contributed by atoms with E-state index in [9.17, 15) is 18.7 Å². The molecule has 1 aromatic carbocycles. The number of hydrogen-bond donors (Lipinski definition) is 2. The summed E-state index contributed by atoms with van der Waals surface area (Å²) in [6, 6.07) is 8.54. The maximum absolute atomic E-state index is 13.0. The molecule has 1 atom stereocenters. The van der Waals surface area contributed by atoms with Gasteiger partial charge in [0, 0.05) is 82.7 Å². The van der Waals surface area contributed by atoms with Gasteiger partial charge in [0.15, 0.2) is 0 Å². The Morgan fingerprint density at radius 3 is 2.47 bits per heavy atom. The van der Waals surface area contributed by atoms with Crippen molar-refractivity contribution < 1.29 is 23.4 Å². The lowest BCUT2D eigenvalue weighted by molar-refractivity contribution is -0.158. The van der Waals surface area contributed by atoms with E-state index in [2.05, 4.69) is 19.5 Å². The molecule has 0 aliphatic carbocycles. The average Bonchev–Trinajstić information content (AvgIpc) is 3.51. The van der Waals surface area contributed by atoms with Crippen LogP contribution in [0.4, 0.5) is 14.5 Å². The topological polar surface area (TPSA) is 72.0 Å². The Labute approximate surface area is 197 Å². The van der Waals surface area contributed by atoms with E-state index in [1.165, 1.54) is 22.4 Å². The highest BCUT2D eigenvalue weighted by Crippen LogP contribution is 2.32. The molecule has 2 aromatic rings. The van der Waals surface area contributed by atoms with Gasteiger partial charge < -0.3 is 24.6 Å². The number of hydrogen-bond acceptors (Lipinski definition) is 5. The average molecular weight is 473 g/mol. The predicted octanol–water partition coefficient (Wildman–Crippen LogP) is 2.77. The van der Waals surface area contributed by atoms with Crippen LogP contribution < -0.4 is 9.64 Å². The second-order valence-corrected chi connectivity index (χ2v) is 9.46. The Kier molecular flexibility index (Phi) is 6.07. The molecule has 0 radical (unpaired) electrons. The van der Waals surface area contributed by atoms with Crippen LogP contribution in [0.3, 0.4) is 0 Å². The van der Waals surface area contributed by atoms with Crippen molar-refractivity contribution in [1.82, 2.24) is 14.8 Å². The van der Waals surface area contributed by atoms with Crippen LogP contribution in [0, 0.1) is 0 Å². The quantitative estimate of drug-likeness (QED) is 0.607. The van der Waals surface area contributed by atoms with Crippen molar-refractivity contribution in [2.75, 3.05) is 44.2 Å². The first kappa shape index (κ1) is 22.9. The van der Waals surface area contributed by atoms with Crippen molar-refractivity contribution in [3.05, 3.63) is 58.9 Å². The van der Waals surface area contributed by atoms with Crippen LogP contribution in [-0.2, 0) is 17.8 Å². The Morgan fingerprint density at radius 2 is 1.82 bits per heavy atom. The molecule has 0 saturated carbocycles. The normalized spacial score (nSPS) is 19.4. The summed E-state index contributed by atoms with van der Waals surface area (Å²) in [7, 11) is 0. The molecule has 1 unspecified atom stereocenters. The van der Waals surface area contributed by atoms with Gasteiger partial charge in [-0.1, -0.05) is 0 Å². The number of carbonyl (C=O) groups is 1. The zero-order chi connectivity index (χ0) is 23.9. The molecule has 182 valence electrons. The van der Waals surface area contributed by atoms with Gasteiger partial charge >= 0.3 is 6.11 Å². The second kappa shape index (κ2) is 9.03. The number of H-pyrrole nitrogens is 1. The van der Waals surface area contributed by atoms with E-state index >= 15 is 0 Å². The Morgan fingerprint density at radius 1 is 1.12 bits per heavy atom. The molecule has 9 heteroatoms. The van der Waals surface area contributed by atoms with Crippen molar-refractivity contribution in [3.63, 3.8) is 0 Å². The number of amides is 1. The highest BCUT2D eigenvalue weighted by Gasteiger charge is 2.35. The number of aliphatic hydroxyl groups excluding tert-OH is 1. The van der Waals surface area contributed by atoms with Gasteiger partial charge in [0.05, 0.1) is 6.61 Å². The van der Waals surface area contributed by atoms with E-state index in [0.29, 0.717) is 19.5 Å². The predicted molar refractivity (Wildman–Crippen MR) is 124 cm³/mol. The molecule has 3 aliphatic rings. The summed E-state index contributed by atoms with van der Waals surface area (Å²) in [5.41, 5.74) is 5.95. The Balaban J connectivity index is 1.14. The number of nitrogens with zero attached hydrogens (tertiary/aromatic N) is 3. The van der Waals surface area contributed by atoms with Crippen LogP contribution in [0.5, 0.6) is 5.75 Å². The molecule has 1 aromatic heterocycles. The highest BCUT2D eigenvalue weighted by molar-refractivity contribution is 5.77. The first-order valence-electron chi connectivity index (χ1n) is 11.7.